The first kappa shape index (κ1) is 27.3. The third-order valence-corrected chi connectivity index (χ3v) is 9.14. The molecule has 0 saturated carbocycles. The molecule has 2 N–H and O–H groups in total. The number of methoxy groups -OCH3 is 1. The molecule has 10 heteroatoms. The van der Waals surface area contributed by atoms with Gasteiger partial charge in [0, 0.05) is 63.2 Å². The van der Waals surface area contributed by atoms with Crippen molar-refractivity contribution in [2.75, 3.05) is 57.9 Å². The second kappa shape index (κ2) is 11.3. The Morgan fingerprint density at radius 3 is 2.08 bits per heavy atom. The molecular weight excluding hydrogens is 492 g/mol. The van der Waals surface area contributed by atoms with E-state index in [0.29, 0.717) is 12.2 Å². The molecule has 2 aliphatic heterocycles. The number of hydrogen-bond donors (Lipinski definition) is 2. The highest BCUT2D eigenvalue weighted by Crippen LogP contribution is 2.28. The first-order chi connectivity index (χ1) is 17.7. The predicted molar refractivity (Wildman–Crippen MR) is 143 cm³/mol. The largest absolute Gasteiger partial charge is 0.383 e. The van der Waals surface area contributed by atoms with E-state index in [9.17, 15) is 13.2 Å². The number of amides is 1. The van der Waals surface area contributed by atoms with Gasteiger partial charge in [-0.05, 0) is 55.7 Å². The lowest BCUT2D eigenvalue weighted by molar-refractivity contribution is -0.125. The quantitative estimate of drug-likeness (QED) is 0.401. The van der Waals surface area contributed by atoms with Gasteiger partial charge in [-0.15, -0.1) is 0 Å². The van der Waals surface area contributed by atoms with Gasteiger partial charge >= 0.3 is 0 Å². The van der Waals surface area contributed by atoms with Crippen LogP contribution < -0.4 is 10.4 Å². The molecule has 0 atom stereocenters. The van der Waals surface area contributed by atoms with E-state index in [1.54, 1.807) is 24.7 Å². The average molecular weight is 529 g/mol. The maximum absolute atomic E-state index is 13.1. The smallest absolute Gasteiger partial charge is 0.270 e. The Kier molecular flexibility index (Phi) is 8.35. The zero-order chi connectivity index (χ0) is 26.6. The van der Waals surface area contributed by atoms with Gasteiger partial charge in [-0.2, -0.15) is 4.31 Å². The molecule has 0 spiro atoms. The second-order valence-electron chi connectivity index (χ2n) is 10.1. The third kappa shape index (κ3) is 6.05. The summed E-state index contributed by atoms with van der Waals surface area (Å²) in [7, 11) is -1.93. The number of sulfonamides is 1. The minimum Gasteiger partial charge on any atom is -0.383 e. The molecule has 2 heterocycles. The number of rotatable bonds is 8. The highest BCUT2D eigenvalue weighted by atomic mass is 32.2. The summed E-state index contributed by atoms with van der Waals surface area (Å²) in [5.74, 6) is -0.597. The molecule has 2 aromatic carbocycles. The van der Waals surface area contributed by atoms with Gasteiger partial charge in [-0.3, -0.25) is 14.9 Å². The monoisotopic (exact) mass is 528 g/mol. The van der Waals surface area contributed by atoms with E-state index < -0.39 is 15.9 Å². The fourth-order valence-corrected chi connectivity index (χ4v) is 6.38. The number of hydrogen-bond acceptors (Lipinski definition) is 7. The van der Waals surface area contributed by atoms with Crippen LogP contribution in [0.1, 0.15) is 20.3 Å². The standard InChI is InChI=1S/C27H36N4O5S/c1-27(2,20-36-3)30-18-16-29(17-19-30)24-8-4-21(5-9-24)22-6-10-25(11-7-22)37(34,35)31-14-12-23(13-15-31)26(32)28-33/h4-12,33H,13-20H2,1-3H3,(H,28,32). The number of carbonyl (C=O) groups excluding carboxylic acids is 1. The summed E-state index contributed by atoms with van der Waals surface area (Å²) in [5, 5.41) is 8.76. The molecule has 200 valence electrons. The van der Waals surface area contributed by atoms with Crippen molar-refractivity contribution in [2.45, 2.75) is 30.7 Å². The van der Waals surface area contributed by atoms with Crippen molar-refractivity contribution in [3.8, 4) is 11.1 Å². The van der Waals surface area contributed by atoms with Crippen molar-refractivity contribution in [1.29, 1.82) is 0 Å². The van der Waals surface area contributed by atoms with Crippen molar-refractivity contribution < 1.29 is 23.2 Å². The highest BCUT2D eigenvalue weighted by Gasteiger charge is 2.30. The van der Waals surface area contributed by atoms with Crippen molar-refractivity contribution in [3.63, 3.8) is 0 Å². The number of anilines is 1. The van der Waals surface area contributed by atoms with E-state index in [2.05, 4.69) is 47.9 Å². The summed E-state index contributed by atoms with van der Waals surface area (Å²) in [6.07, 6.45) is 1.78. The molecule has 37 heavy (non-hydrogen) atoms. The van der Waals surface area contributed by atoms with Crippen LogP contribution in [0.25, 0.3) is 11.1 Å². The Morgan fingerprint density at radius 1 is 0.973 bits per heavy atom. The summed E-state index contributed by atoms with van der Waals surface area (Å²) in [6, 6.07) is 15.3. The Bertz CT molecular complexity index is 1220. The minimum absolute atomic E-state index is 0.0222. The lowest BCUT2D eigenvalue weighted by Crippen LogP contribution is -2.56. The summed E-state index contributed by atoms with van der Waals surface area (Å²) >= 11 is 0. The summed E-state index contributed by atoms with van der Waals surface area (Å²) < 4.78 is 32.8. The molecule has 4 rings (SSSR count). The number of hydroxylamine groups is 1. The van der Waals surface area contributed by atoms with Crippen molar-refractivity contribution in [3.05, 3.63) is 60.2 Å². The van der Waals surface area contributed by atoms with E-state index in [4.69, 9.17) is 9.94 Å². The summed E-state index contributed by atoms with van der Waals surface area (Å²) in [4.78, 5) is 16.6. The van der Waals surface area contributed by atoms with E-state index in [1.807, 2.05) is 12.1 Å². The number of ether oxygens (including phenoxy) is 1. The second-order valence-corrected chi connectivity index (χ2v) is 12.0. The average Bonchev–Trinajstić information content (AvgIpc) is 2.93. The molecule has 9 nitrogen and oxygen atoms in total. The van der Waals surface area contributed by atoms with Crippen LogP contribution >= 0.6 is 0 Å². The van der Waals surface area contributed by atoms with E-state index in [0.717, 1.165) is 37.3 Å². The lowest BCUT2D eigenvalue weighted by Gasteiger charge is -2.44. The van der Waals surface area contributed by atoms with Crippen molar-refractivity contribution in [1.82, 2.24) is 14.7 Å². The Balaban J connectivity index is 1.39. The van der Waals surface area contributed by atoms with Crippen LogP contribution in [0, 0.1) is 0 Å². The Hall–Kier alpha value is -2.76. The number of nitrogens with one attached hydrogen (secondary N) is 1. The zero-order valence-corrected chi connectivity index (χ0v) is 22.5. The van der Waals surface area contributed by atoms with Gasteiger partial charge in [0.05, 0.1) is 11.5 Å². The maximum atomic E-state index is 13.1. The number of nitrogens with zero attached hydrogens (tertiary/aromatic N) is 3. The van der Waals surface area contributed by atoms with Crippen LogP contribution in [0.5, 0.6) is 0 Å². The van der Waals surface area contributed by atoms with Crippen LogP contribution in [0.4, 0.5) is 5.69 Å². The SMILES string of the molecule is COCC(C)(C)N1CCN(c2ccc(-c3ccc(S(=O)(=O)N4CC=C(C(=O)NO)CC4)cc3)cc2)CC1. The van der Waals surface area contributed by atoms with Gasteiger partial charge in [-0.1, -0.05) is 30.3 Å². The normalized spacial score (nSPS) is 17.9. The van der Waals surface area contributed by atoms with E-state index in [-0.39, 0.29) is 29.9 Å². The molecule has 1 amide bonds. The van der Waals surface area contributed by atoms with Gasteiger partial charge in [0.2, 0.25) is 10.0 Å². The Labute approximate surface area is 219 Å². The molecule has 0 aliphatic carbocycles. The van der Waals surface area contributed by atoms with Crippen LogP contribution in [-0.2, 0) is 19.6 Å². The topological polar surface area (TPSA) is 102 Å². The molecule has 0 unspecified atom stereocenters. The summed E-state index contributed by atoms with van der Waals surface area (Å²) in [6.45, 7) is 9.30. The molecule has 0 bridgehead atoms. The number of piperazine rings is 1. The molecular formula is C27H36N4O5S. The van der Waals surface area contributed by atoms with Crippen molar-refractivity contribution in [2.24, 2.45) is 0 Å². The van der Waals surface area contributed by atoms with Crippen LogP contribution in [-0.4, -0.2) is 87.3 Å². The third-order valence-electron chi connectivity index (χ3n) is 7.26. The molecule has 0 aromatic heterocycles. The first-order valence-electron chi connectivity index (χ1n) is 12.5. The molecule has 2 aromatic rings. The molecule has 1 saturated heterocycles. The summed E-state index contributed by atoms with van der Waals surface area (Å²) in [5.41, 5.74) is 5.14. The van der Waals surface area contributed by atoms with Crippen LogP contribution in [0.2, 0.25) is 0 Å². The lowest BCUT2D eigenvalue weighted by atomic mass is 10.0. The van der Waals surface area contributed by atoms with Crippen molar-refractivity contribution >= 4 is 21.6 Å². The van der Waals surface area contributed by atoms with Gasteiger partial charge in [0.15, 0.2) is 0 Å². The Morgan fingerprint density at radius 2 is 1.57 bits per heavy atom. The zero-order valence-electron chi connectivity index (χ0n) is 21.7. The van der Waals surface area contributed by atoms with Crippen LogP contribution in [0.15, 0.2) is 65.1 Å². The molecule has 0 radical (unpaired) electrons. The molecule has 1 fully saturated rings. The van der Waals surface area contributed by atoms with E-state index in [1.165, 1.54) is 16.1 Å². The van der Waals surface area contributed by atoms with Gasteiger partial charge in [0.25, 0.3) is 5.91 Å². The molecule has 2 aliphatic rings. The first-order valence-corrected chi connectivity index (χ1v) is 13.9. The van der Waals surface area contributed by atoms with Gasteiger partial charge in [-0.25, -0.2) is 13.9 Å². The van der Waals surface area contributed by atoms with Gasteiger partial charge < -0.3 is 9.64 Å². The number of benzene rings is 2. The minimum atomic E-state index is -3.68. The number of carbonyl (C=O) groups is 1. The van der Waals surface area contributed by atoms with E-state index >= 15 is 0 Å². The fourth-order valence-electron chi connectivity index (χ4n) is 4.99. The highest BCUT2D eigenvalue weighted by molar-refractivity contribution is 7.89. The fraction of sp³-hybridized carbons (Fsp3) is 0.444. The maximum Gasteiger partial charge on any atom is 0.270 e. The predicted octanol–water partition coefficient (Wildman–Crippen LogP) is 2.73. The van der Waals surface area contributed by atoms with Crippen LogP contribution in [0.3, 0.4) is 0 Å². The van der Waals surface area contributed by atoms with Gasteiger partial charge in [0.1, 0.15) is 0 Å².